The van der Waals surface area contributed by atoms with Crippen LogP contribution in [0.25, 0.3) is 0 Å². The molecule has 6 nitrogen and oxygen atoms in total. The van der Waals surface area contributed by atoms with Crippen LogP contribution in [0.3, 0.4) is 0 Å². The quantitative estimate of drug-likeness (QED) is 0.797. The Morgan fingerprint density at radius 3 is 2.41 bits per heavy atom. The van der Waals surface area contributed by atoms with Crippen LogP contribution in [0.5, 0.6) is 5.75 Å². The number of rotatable bonds is 5. The van der Waals surface area contributed by atoms with Gasteiger partial charge in [0, 0.05) is 24.7 Å². The van der Waals surface area contributed by atoms with Gasteiger partial charge in [-0.2, -0.15) is 4.31 Å². The van der Waals surface area contributed by atoms with Crippen LogP contribution in [0.15, 0.2) is 54.6 Å². The zero-order chi connectivity index (χ0) is 20.9. The number of hydrogen-bond donors (Lipinski definition) is 1. The van der Waals surface area contributed by atoms with Crippen molar-refractivity contribution in [3.05, 3.63) is 60.2 Å². The summed E-state index contributed by atoms with van der Waals surface area (Å²) in [5.41, 5.74) is 1.02. The van der Waals surface area contributed by atoms with Crippen LogP contribution in [0.1, 0.15) is 12.0 Å². The van der Waals surface area contributed by atoms with Gasteiger partial charge in [-0.05, 0) is 36.2 Å². The molecule has 2 aromatic rings. The molecule has 1 N–H and O–H groups in total. The van der Waals surface area contributed by atoms with Crippen molar-refractivity contribution in [2.24, 2.45) is 5.92 Å². The highest BCUT2D eigenvalue weighted by atomic mass is 32.2. The van der Waals surface area contributed by atoms with Gasteiger partial charge in [0.25, 0.3) is 0 Å². The van der Waals surface area contributed by atoms with Gasteiger partial charge in [-0.15, -0.1) is 13.2 Å². The topological polar surface area (TPSA) is 75.7 Å². The maximum atomic E-state index is 13.0. The van der Waals surface area contributed by atoms with Crippen molar-refractivity contribution in [1.29, 1.82) is 0 Å². The number of fused-ring (bicyclic) bond motifs is 1. The van der Waals surface area contributed by atoms with Crippen molar-refractivity contribution in [3.8, 4) is 5.75 Å². The first-order valence-corrected chi connectivity index (χ1v) is 10.3. The number of sulfonamides is 1. The fraction of sp³-hybridized carbons (Fsp3) is 0.316. The molecule has 2 aromatic carbocycles. The number of amides is 1. The second-order valence-corrected chi connectivity index (χ2v) is 9.30. The normalized spacial score (nSPS) is 25.3. The maximum Gasteiger partial charge on any atom is 0.573 e. The third-order valence-electron chi connectivity index (χ3n) is 5.21. The standard InChI is InChI=1S/C19H17F3N2O4S/c20-19(21,22)28-16-8-6-15(7-9-16)23-17(25)18-10-14(18)12-24(29(18,26)27)11-13-4-2-1-3-5-13/h1-9,14H,10-12H2,(H,23,25). The first kappa shape index (κ1) is 19.7. The van der Waals surface area contributed by atoms with Crippen molar-refractivity contribution < 1.29 is 31.1 Å². The predicted molar refractivity (Wildman–Crippen MR) is 98.4 cm³/mol. The molecule has 4 rings (SSSR count). The van der Waals surface area contributed by atoms with E-state index in [2.05, 4.69) is 10.1 Å². The largest absolute Gasteiger partial charge is 0.573 e. The molecule has 1 saturated heterocycles. The molecule has 0 bridgehead atoms. The lowest BCUT2D eigenvalue weighted by atomic mass is 10.2. The Labute approximate surface area is 165 Å². The van der Waals surface area contributed by atoms with Gasteiger partial charge >= 0.3 is 6.36 Å². The van der Waals surface area contributed by atoms with Crippen molar-refractivity contribution in [2.45, 2.75) is 24.1 Å². The van der Waals surface area contributed by atoms with E-state index in [9.17, 15) is 26.4 Å². The number of nitrogens with zero attached hydrogens (tertiary/aromatic N) is 1. The monoisotopic (exact) mass is 426 g/mol. The number of hydrogen-bond acceptors (Lipinski definition) is 4. The number of anilines is 1. The third-order valence-corrected chi connectivity index (χ3v) is 7.77. The highest BCUT2D eigenvalue weighted by Gasteiger charge is 2.75. The summed E-state index contributed by atoms with van der Waals surface area (Å²) in [6.45, 7) is 0.460. The summed E-state index contributed by atoms with van der Waals surface area (Å²) >= 11 is 0. The van der Waals surface area contributed by atoms with Crippen LogP contribution in [-0.4, -0.2) is 36.3 Å². The SMILES string of the molecule is O=C(Nc1ccc(OC(F)(F)F)cc1)C12CC1CN(Cc1ccccc1)S2(=O)=O. The smallest absolute Gasteiger partial charge is 0.406 e. The molecule has 0 aromatic heterocycles. The summed E-state index contributed by atoms with van der Waals surface area (Å²) in [5, 5.41) is 2.51. The number of carbonyl (C=O) groups excluding carboxylic acids is 1. The Kier molecular flexibility index (Phi) is 4.58. The van der Waals surface area contributed by atoms with Crippen LogP contribution in [-0.2, 0) is 21.4 Å². The van der Waals surface area contributed by atoms with E-state index >= 15 is 0 Å². The average molecular weight is 426 g/mol. The lowest BCUT2D eigenvalue weighted by molar-refractivity contribution is -0.274. The predicted octanol–water partition coefficient (Wildman–Crippen LogP) is 3.13. The molecule has 1 saturated carbocycles. The second-order valence-electron chi connectivity index (χ2n) is 7.10. The molecule has 0 radical (unpaired) electrons. The lowest BCUT2D eigenvalue weighted by Gasteiger charge is -2.21. The highest BCUT2D eigenvalue weighted by Crippen LogP contribution is 2.58. The first-order valence-electron chi connectivity index (χ1n) is 8.83. The Bertz CT molecular complexity index is 1030. The molecule has 1 heterocycles. The average Bonchev–Trinajstić information content (AvgIpc) is 3.34. The highest BCUT2D eigenvalue weighted by molar-refractivity contribution is 7.92. The van der Waals surface area contributed by atoms with Crippen molar-refractivity contribution in [1.82, 2.24) is 4.31 Å². The van der Waals surface area contributed by atoms with Crippen molar-refractivity contribution in [2.75, 3.05) is 11.9 Å². The third kappa shape index (κ3) is 3.58. The summed E-state index contributed by atoms with van der Waals surface area (Å²) in [5.74, 6) is -1.40. The maximum absolute atomic E-state index is 13.0. The molecule has 0 spiro atoms. The number of alkyl halides is 3. The van der Waals surface area contributed by atoms with Gasteiger partial charge in [0.05, 0.1) is 0 Å². The summed E-state index contributed by atoms with van der Waals surface area (Å²) < 4.78 is 66.3. The number of ether oxygens (including phenoxy) is 1. The Morgan fingerprint density at radius 2 is 1.79 bits per heavy atom. The fourth-order valence-corrected chi connectivity index (χ4v) is 6.07. The van der Waals surface area contributed by atoms with Crippen molar-refractivity contribution >= 4 is 21.6 Å². The molecule has 10 heteroatoms. The molecule has 29 heavy (non-hydrogen) atoms. The van der Waals surface area contributed by atoms with E-state index in [4.69, 9.17) is 0 Å². The Balaban J connectivity index is 1.47. The molecule has 154 valence electrons. The van der Waals surface area contributed by atoms with Gasteiger partial charge in [0.1, 0.15) is 5.75 Å². The van der Waals surface area contributed by atoms with Gasteiger partial charge in [0.2, 0.25) is 15.9 Å². The zero-order valence-corrected chi connectivity index (χ0v) is 15.8. The summed E-state index contributed by atoms with van der Waals surface area (Å²) in [6, 6.07) is 13.7. The minimum atomic E-state index is -4.81. The van der Waals surface area contributed by atoms with Crippen LogP contribution < -0.4 is 10.1 Å². The molecular weight excluding hydrogens is 409 g/mol. The summed E-state index contributed by atoms with van der Waals surface area (Å²) in [7, 11) is -3.86. The molecule has 1 amide bonds. The summed E-state index contributed by atoms with van der Waals surface area (Å²) in [4.78, 5) is 12.8. The van der Waals surface area contributed by atoms with E-state index in [1.807, 2.05) is 30.3 Å². The van der Waals surface area contributed by atoms with Gasteiger partial charge in [-0.3, -0.25) is 4.79 Å². The number of halogens is 3. The Morgan fingerprint density at radius 1 is 1.14 bits per heavy atom. The van der Waals surface area contributed by atoms with Crippen LogP contribution in [0.2, 0.25) is 0 Å². The first-order chi connectivity index (χ1) is 13.6. The lowest BCUT2D eigenvalue weighted by Crippen LogP contribution is -2.41. The minimum absolute atomic E-state index is 0.193. The van der Waals surface area contributed by atoms with E-state index in [0.717, 1.165) is 17.7 Å². The minimum Gasteiger partial charge on any atom is -0.406 e. The van der Waals surface area contributed by atoms with E-state index in [-0.39, 0.29) is 31.1 Å². The van der Waals surface area contributed by atoms with Gasteiger partial charge < -0.3 is 10.1 Å². The van der Waals surface area contributed by atoms with Crippen LogP contribution in [0, 0.1) is 5.92 Å². The van der Waals surface area contributed by atoms with Crippen LogP contribution >= 0.6 is 0 Å². The number of carbonyl (C=O) groups is 1. The Hall–Kier alpha value is -2.59. The van der Waals surface area contributed by atoms with Gasteiger partial charge in [-0.1, -0.05) is 30.3 Å². The van der Waals surface area contributed by atoms with E-state index in [0.29, 0.717) is 0 Å². The van der Waals surface area contributed by atoms with Gasteiger partial charge in [-0.25, -0.2) is 8.42 Å². The molecule has 2 aliphatic rings. The fourth-order valence-electron chi connectivity index (χ4n) is 3.72. The molecular formula is C19H17F3N2O4S. The van der Waals surface area contributed by atoms with E-state index < -0.39 is 32.8 Å². The van der Waals surface area contributed by atoms with Gasteiger partial charge in [0.15, 0.2) is 4.75 Å². The van der Waals surface area contributed by atoms with E-state index in [1.54, 1.807) is 0 Å². The van der Waals surface area contributed by atoms with Crippen molar-refractivity contribution in [3.63, 3.8) is 0 Å². The number of nitrogens with one attached hydrogen (secondary N) is 1. The molecule has 2 fully saturated rings. The molecule has 2 unspecified atom stereocenters. The van der Waals surface area contributed by atoms with Crippen LogP contribution in [0.4, 0.5) is 18.9 Å². The molecule has 2 atom stereocenters. The second kappa shape index (κ2) is 6.74. The number of benzene rings is 2. The summed E-state index contributed by atoms with van der Waals surface area (Å²) in [6.07, 6.45) is -4.58. The zero-order valence-electron chi connectivity index (χ0n) is 15.0. The molecule has 1 aliphatic carbocycles. The molecule has 1 aliphatic heterocycles. The van der Waals surface area contributed by atoms with E-state index in [1.165, 1.54) is 16.4 Å².